The number of amides is 1. The molecule has 1 N–H and O–H groups in total. The quantitative estimate of drug-likeness (QED) is 0.728. The summed E-state index contributed by atoms with van der Waals surface area (Å²) < 4.78 is 5.20. The van der Waals surface area contributed by atoms with Crippen LogP contribution in [0.5, 0.6) is 0 Å². The van der Waals surface area contributed by atoms with E-state index in [2.05, 4.69) is 4.90 Å². The lowest BCUT2D eigenvalue weighted by atomic mass is 9.84. The van der Waals surface area contributed by atoms with E-state index in [1.54, 1.807) is 4.90 Å². The molecular weight excluding hydrogens is 220 g/mol. The number of nitrogens with zero attached hydrogens (tertiary/aromatic N) is 2. The highest BCUT2D eigenvalue weighted by Crippen LogP contribution is 2.32. The molecule has 5 heteroatoms. The van der Waals surface area contributed by atoms with Crippen LogP contribution in [0.1, 0.15) is 13.8 Å². The average Bonchev–Trinajstić information content (AvgIpc) is 2.23. The summed E-state index contributed by atoms with van der Waals surface area (Å²) in [6, 6.07) is 0. The van der Waals surface area contributed by atoms with Crippen molar-refractivity contribution in [1.82, 2.24) is 9.80 Å². The molecule has 0 spiro atoms. The van der Waals surface area contributed by atoms with Gasteiger partial charge in [-0.15, -0.1) is 0 Å². The molecule has 0 aromatic carbocycles. The van der Waals surface area contributed by atoms with Gasteiger partial charge >= 0.3 is 0 Å². The molecule has 0 unspecified atom stereocenters. The Kier molecular flexibility index (Phi) is 3.18. The minimum absolute atomic E-state index is 0.129. The number of ether oxygens (including phenoxy) is 1. The number of aliphatic hydroxyl groups excluding tert-OH is 1. The zero-order valence-electron chi connectivity index (χ0n) is 10.9. The number of rotatable bonds is 3. The van der Waals surface area contributed by atoms with Crippen LogP contribution in [-0.4, -0.2) is 72.9 Å². The second kappa shape index (κ2) is 4.23. The second-order valence-corrected chi connectivity index (χ2v) is 5.86. The maximum atomic E-state index is 12.1. The summed E-state index contributed by atoms with van der Waals surface area (Å²) >= 11 is 0. The Morgan fingerprint density at radius 1 is 1.35 bits per heavy atom. The van der Waals surface area contributed by atoms with Crippen molar-refractivity contribution < 1.29 is 14.6 Å². The molecule has 2 aliphatic heterocycles. The van der Waals surface area contributed by atoms with Gasteiger partial charge in [-0.05, 0) is 13.8 Å². The predicted molar refractivity (Wildman–Crippen MR) is 63.6 cm³/mol. The van der Waals surface area contributed by atoms with Crippen LogP contribution in [0.15, 0.2) is 0 Å². The van der Waals surface area contributed by atoms with Gasteiger partial charge in [0.2, 0.25) is 5.91 Å². The van der Waals surface area contributed by atoms with Crippen molar-refractivity contribution in [2.24, 2.45) is 5.41 Å². The lowest BCUT2D eigenvalue weighted by molar-refractivity contribution is -0.171. The number of hydrogen-bond donors (Lipinski definition) is 1. The third-order valence-corrected chi connectivity index (χ3v) is 4.04. The molecule has 1 amide bonds. The number of carbonyl (C=O) groups is 1. The summed E-state index contributed by atoms with van der Waals surface area (Å²) in [6.45, 7) is 7.58. The fourth-order valence-electron chi connectivity index (χ4n) is 2.56. The average molecular weight is 242 g/mol. The van der Waals surface area contributed by atoms with Gasteiger partial charge in [0.25, 0.3) is 0 Å². The van der Waals surface area contributed by atoms with E-state index >= 15 is 0 Å². The van der Waals surface area contributed by atoms with Crippen molar-refractivity contribution in [2.75, 3.05) is 46.5 Å². The van der Waals surface area contributed by atoms with Gasteiger partial charge in [-0.1, -0.05) is 0 Å². The van der Waals surface area contributed by atoms with E-state index in [1.807, 2.05) is 20.9 Å². The highest BCUT2D eigenvalue weighted by Gasteiger charge is 2.47. The van der Waals surface area contributed by atoms with E-state index in [9.17, 15) is 9.90 Å². The first kappa shape index (κ1) is 12.8. The third-order valence-electron chi connectivity index (χ3n) is 4.04. The van der Waals surface area contributed by atoms with Crippen LogP contribution >= 0.6 is 0 Å². The van der Waals surface area contributed by atoms with Gasteiger partial charge < -0.3 is 14.7 Å². The Balaban J connectivity index is 2.08. The first-order chi connectivity index (χ1) is 7.91. The Labute approximate surface area is 102 Å². The highest BCUT2D eigenvalue weighted by molar-refractivity contribution is 5.86. The monoisotopic (exact) mass is 242 g/mol. The largest absolute Gasteiger partial charge is 0.396 e. The predicted octanol–water partition coefficient (Wildman–Crippen LogP) is -0.452. The van der Waals surface area contributed by atoms with Gasteiger partial charge in [0, 0.05) is 26.7 Å². The lowest BCUT2D eigenvalue weighted by Gasteiger charge is -2.50. The molecule has 17 heavy (non-hydrogen) atoms. The van der Waals surface area contributed by atoms with Crippen LogP contribution in [0.25, 0.3) is 0 Å². The van der Waals surface area contributed by atoms with Gasteiger partial charge in [-0.3, -0.25) is 9.69 Å². The summed E-state index contributed by atoms with van der Waals surface area (Å²) in [5.74, 6) is 0.150. The number of hydrogen-bond acceptors (Lipinski definition) is 4. The Bertz CT molecular complexity index is 307. The van der Waals surface area contributed by atoms with Crippen LogP contribution < -0.4 is 0 Å². The van der Waals surface area contributed by atoms with Crippen molar-refractivity contribution in [3.63, 3.8) is 0 Å². The molecule has 0 bridgehead atoms. The summed E-state index contributed by atoms with van der Waals surface area (Å²) in [7, 11) is 1.84. The fourth-order valence-corrected chi connectivity index (χ4v) is 2.56. The SMILES string of the molecule is CN1CCN(CC2(CO)COC2)C(C)(C)C1=O. The maximum absolute atomic E-state index is 12.1. The second-order valence-electron chi connectivity index (χ2n) is 5.86. The summed E-state index contributed by atoms with van der Waals surface area (Å²) in [5.41, 5.74) is -0.641. The Hall–Kier alpha value is -0.650. The zero-order chi connectivity index (χ0) is 12.7. The van der Waals surface area contributed by atoms with E-state index in [-0.39, 0.29) is 17.9 Å². The van der Waals surface area contributed by atoms with Crippen LogP contribution in [0.2, 0.25) is 0 Å². The summed E-state index contributed by atoms with van der Waals surface area (Å²) in [5, 5.41) is 9.45. The number of piperazine rings is 1. The molecule has 0 saturated carbocycles. The molecular formula is C12H22N2O3. The smallest absolute Gasteiger partial charge is 0.242 e. The van der Waals surface area contributed by atoms with Crippen molar-refractivity contribution in [3.8, 4) is 0 Å². The van der Waals surface area contributed by atoms with Gasteiger partial charge in [0.05, 0.1) is 30.8 Å². The van der Waals surface area contributed by atoms with Crippen molar-refractivity contribution in [2.45, 2.75) is 19.4 Å². The molecule has 2 heterocycles. The minimum Gasteiger partial charge on any atom is -0.396 e. The van der Waals surface area contributed by atoms with E-state index in [0.717, 1.165) is 19.6 Å². The summed E-state index contributed by atoms with van der Waals surface area (Å²) in [4.78, 5) is 16.1. The molecule has 0 aromatic heterocycles. The molecule has 2 aliphatic rings. The Morgan fingerprint density at radius 2 is 2.00 bits per heavy atom. The van der Waals surface area contributed by atoms with E-state index < -0.39 is 5.54 Å². The molecule has 2 rings (SSSR count). The molecule has 0 radical (unpaired) electrons. The molecule has 0 aliphatic carbocycles. The van der Waals surface area contributed by atoms with Gasteiger partial charge in [0.1, 0.15) is 0 Å². The molecule has 5 nitrogen and oxygen atoms in total. The normalized spacial score (nSPS) is 28.0. The third kappa shape index (κ3) is 2.07. The number of carbonyl (C=O) groups excluding carboxylic acids is 1. The zero-order valence-corrected chi connectivity index (χ0v) is 10.9. The Morgan fingerprint density at radius 3 is 2.47 bits per heavy atom. The number of aliphatic hydroxyl groups is 1. The molecule has 98 valence electrons. The van der Waals surface area contributed by atoms with Gasteiger partial charge in [-0.2, -0.15) is 0 Å². The van der Waals surface area contributed by atoms with E-state index in [1.165, 1.54) is 0 Å². The van der Waals surface area contributed by atoms with Gasteiger partial charge in [0.15, 0.2) is 0 Å². The molecule has 2 fully saturated rings. The van der Waals surface area contributed by atoms with E-state index in [4.69, 9.17) is 4.74 Å². The van der Waals surface area contributed by atoms with Crippen LogP contribution in [0, 0.1) is 5.41 Å². The van der Waals surface area contributed by atoms with Crippen molar-refractivity contribution in [1.29, 1.82) is 0 Å². The fraction of sp³-hybridized carbons (Fsp3) is 0.917. The number of likely N-dealkylation sites (N-methyl/N-ethyl adjacent to an activating group) is 1. The van der Waals surface area contributed by atoms with Gasteiger partial charge in [-0.25, -0.2) is 0 Å². The van der Waals surface area contributed by atoms with Crippen LogP contribution in [0.3, 0.4) is 0 Å². The van der Waals surface area contributed by atoms with Crippen molar-refractivity contribution >= 4 is 5.91 Å². The maximum Gasteiger partial charge on any atom is 0.242 e. The standard InChI is InChI=1S/C12H22N2O3/c1-11(2)10(16)13(3)4-5-14(11)6-12(7-15)8-17-9-12/h15H,4-9H2,1-3H3. The molecule has 0 aromatic rings. The first-order valence-corrected chi connectivity index (χ1v) is 6.11. The summed E-state index contributed by atoms with van der Waals surface area (Å²) in [6.07, 6.45) is 0. The first-order valence-electron chi connectivity index (χ1n) is 6.11. The topological polar surface area (TPSA) is 53.0 Å². The molecule has 2 saturated heterocycles. The highest BCUT2D eigenvalue weighted by atomic mass is 16.5. The van der Waals surface area contributed by atoms with Crippen molar-refractivity contribution in [3.05, 3.63) is 0 Å². The molecule has 0 atom stereocenters. The minimum atomic E-state index is -0.481. The van der Waals surface area contributed by atoms with E-state index in [0.29, 0.717) is 13.2 Å². The lowest BCUT2D eigenvalue weighted by Crippen LogP contribution is -2.66. The van der Waals surface area contributed by atoms with Crippen LogP contribution in [0.4, 0.5) is 0 Å². The van der Waals surface area contributed by atoms with Crippen LogP contribution in [-0.2, 0) is 9.53 Å².